The number of benzene rings is 1. The first-order valence-electron chi connectivity index (χ1n) is 8.75. The maximum atomic E-state index is 12.2. The molecule has 1 heterocycles. The maximum Gasteiger partial charge on any atom is 0.306 e. The van der Waals surface area contributed by atoms with Gasteiger partial charge in [-0.3, -0.25) is 9.59 Å². The van der Waals surface area contributed by atoms with Crippen LogP contribution in [0.15, 0.2) is 29.4 Å². The van der Waals surface area contributed by atoms with Crippen LogP contribution in [-0.2, 0) is 20.7 Å². The normalized spacial score (nSPS) is 11.7. The van der Waals surface area contributed by atoms with Crippen molar-refractivity contribution >= 4 is 29.3 Å². The van der Waals surface area contributed by atoms with Crippen molar-refractivity contribution < 1.29 is 14.3 Å². The molecule has 0 fully saturated rings. The van der Waals surface area contributed by atoms with E-state index in [1.54, 1.807) is 6.92 Å². The molecule has 0 aliphatic carbocycles. The van der Waals surface area contributed by atoms with E-state index in [1.807, 2.05) is 51.3 Å². The third-order valence-electron chi connectivity index (χ3n) is 4.16. The molecule has 27 heavy (non-hydrogen) atoms. The number of nitrogens with zero attached hydrogens (tertiary/aromatic N) is 2. The minimum absolute atomic E-state index is 0.172. The molecule has 1 atom stereocenters. The molecule has 0 unspecified atom stereocenters. The number of aryl methyl sites for hydroxylation is 3. The lowest BCUT2D eigenvalue weighted by molar-refractivity contribution is -0.153. The largest absolute Gasteiger partial charge is 0.453 e. The minimum Gasteiger partial charge on any atom is -0.453 e. The summed E-state index contributed by atoms with van der Waals surface area (Å²) in [6, 6.07) is 7.43. The standard InChI is InChI=1S/C20H25N3O3S/c1-12-6-8-16(9-7-12)23-19(25)15(4)26-18(24)11-10-17-13(2)21-20(27-5)22-14(17)3/h6-9,15H,10-11H2,1-5H3,(H,23,25)/t15-/m1/s1. The highest BCUT2D eigenvalue weighted by Gasteiger charge is 2.19. The van der Waals surface area contributed by atoms with Crippen molar-refractivity contribution in [1.29, 1.82) is 0 Å². The number of carbonyl (C=O) groups excluding carboxylic acids is 2. The third kappa shape index (κ3) is 6.06. The van der Waals surface area contributed by atoms with Gasteiger partial charge in [-0.05, 0) is 58.1 Å². The summed E-state index contributed by atoms with van der Waals surface area (Å²) >= 11 is 1.48. The van der Waals surface area contributed by atoms with Gasteiger partial charge < -0.3 is 10.1 Å². The molecule has 6 nitrogen and oxygen atoms in total. The van der Waals surface area contributed by atoms with Crippen molar-refractivity contribution in [2.24, 2.45) is 0 Å². The summed E-state index contributed by atoms with van der Waals surface area (Å²) in [5, 5.41) is 3.46. The summed E-state index contributed by atoms with van der Waals surface area (Å²) in [5.74, 6) is -0.776. The molecule has 0 radical (unpaired) electrons. The van der Waals surface area contributed by atoms with E-state index in [0.717, 1.165) is 27.7 Å². The number of nitrogens with one attached hydrogen (secondary N) is 1. The van der Waals surface area contributed by atoms with Crippen molar-refractivity contribution in [1.82, 2.24) is 9.97 Å². The lowest BCUT2D eigenvalue weighted by Crippen LogP contribution is -2.30. The van der Waals surface area contributed by atoms with Crippen molar-refractivity contribution in [2.75, 3.05) is 11.6 Å². The van der Waals surface area contributed by atoms with Crippen LogP contribution >= 0.6 is 11.8 Å². The Morgan fingerprint density at radius 1 is 1.11 bits per heavy atom. The van der Waals surface area contributed by atoms with E-state index in [9.17, 15) is 9.59 Å². The molecule has 1 N–H and O–H groups in total. The Labute approximate surface area is 164 Å². The first-order valence-corrected chi connectivity index (χ1v) is 9.97. The van der Waals surface area contributed by atoms with E-state index in [1.165, 1.54) is 11.8 Å². The van der Waals surface area contributed by atoms with Gasteiger partial charge in [0, 0.05) is 23.5 Å². The van der Waals surface area contributed by atoms with Gasteiger partial charge in [0.05, 0.1) is 0 Å². The zero-order chi connectivity index (χ0) is 20.0. The van der Waals surface area contributed by atoms with Gasteiger partial charge in [-0.25, -0.2) is 9.97 Å². The predicted molar refractivity (Wildman–Crippen MR) is 107 cm³/mol. The first-order chi connectivity index (χ1) is 12.8. The fourth-order valence-electron chi connectivity index (χ4n) is 2.58. The second-order valence-electron chi connectivity index (χ2n) is 6.35. The van der Waals surface area contributed by atoms with Crippen LogP contribution in [0.2, 0.25) is 0 Å². The molecule has 1 amide bonds. The van der Waals surface area contributed by atoms with Gasteiger partial charge in [0.1, 0.15) is 0 Å². The van der Waals surface area contributed by atoms with E-state index in [4.69, 9.17) is 4.74 Å². The van der Waals surface area contributed by atoms with E-state index in [0.29, 0.717) is 12.1 Å². The average Bonchev–Trinajstić information content (AvgIpc) is 2.62. The number of rotatable bonds is 7. The number of esters is 1. The van der Waals surface area contributed by atoms with E-state index < -0.39 is 12.1 Å². The molecule has 2 aromatic rings. The number of anilines is 1. The number of ether oxygens (including phenoxy) is 1. The molecule has 2 rings (SSSR count). The van der Waals surface area contributed by atoms with E-state index >= 15 is 0 Å². The summed E-state index contributed by atoms with van der Waals surface area (Å²) < 4.78 is 5.26. The van der Waals surface area contributed by atoms with E-state index in [-0.39, 0.29) is 12.3 Å². The van der Waals surface area contributed by atoms with Crippen LogP contribution in [0, 0.1) is 20.8 Å². The quantitative estimate of drug-likeness (QED) is 0.444. The number of thioether (sulfide) groups is 1. The third-order valence-corrected chi connectivity index (χ3v) is 4.71. The highest BCUT2D eigenvalue weighted by Crippen LogP contribution is 2.17. The summed E-state index contributed by atoms with van der Waals surface area (Å²) in [4.78, 5) is 33.1. The zero-order valence-corrected chi connectivity index (χ0v) is 17.1. The van der Waals surface area contributed by atoms with Crippen molar-refractivity contribution in [3.05, 3.63) is 46.8 Å². The van der Waals surface area contributed by atoms with Crippen LogP contribution in [-0.4, -0.2) is 34.2 Å². The summed E-state index contributed by atoms with van der Waals surface area (Å²) in [5.41, 5.74) is 4.45. The Morgan fingerprint density at radius 2 is 1.70 bits per heavy atom. The second kappa shape index (κ2) is 9.50. The van der Waals surface area contributed by atoms with Crippen molar-refractivity contribution in [3.8, 4) is 0 Å². The summed E-state index contributed by atoms with van der Waals surface area (Å²) in [6.45, 7) is 7.35. The molecule has 0 aliphatic rings. The average molecular weight is 388 g/mol. The van der Waals surface area contributed by atoms with Gasteiger partial charge in [-0.2, -0.15) is 0 Å². The maximum absolute atomic E-state index is 12.2. The number of aromatic nitrogens is 2. The van der Waals surface area contributed by atoms with Crippen molar-refractivity contribution in [2.45, 2.75) is 51.8 Å². The van der Waals surface area contributed by atoms with E-state index in [2.05, 4.69) is 15.3 Å². The molecule has 0 saturated heterocycles. The van der Waals surface area contributed by atoms with Gasteiger partial charge in [-0.1, -0.05) is 29.5 Å². The van der Waals surface area contributed by atoms with Crippen LogP contribution in [0.1, 0.15) is 35.9 Å². The van der Waals surface area contributed by atoms with Crippen LogP contribution in [0.3, 0.4) is 0 Å². The van der Waals surface area contributed by atoms with Gasteiger partial charge >= 0.3 is 5.97 Å². The highest BCUT2D eigenvalue weighted by molar-refractivity contribution is 7.98. The Balaban J connectivity index is 1.88. The number of hydrogen-bond donors (Lipinski definition) is 1. The molecule has 0 aliphatic heterocycles. The summed E-state index contributed by atoms with van der Waals surface area (Å²) in [6.07, 6.45) is 1.72. The fraction of sp³-hybridized carbons (Fsp3) is 0.400. The Kier molecular flexibility index (Phi) is 7.36. The topological polar surface area (TPSA) is 81.2 Å². The van der Waals surface area contributed by atoms with Crippen LogP contribution < -0.4 is 5.32 Å². The summed E-state index contributed by atoms with van der Waals surface area (Å²) in [7, 11) is 0. The molecular weight excluding hydrogens is 362 g/mol. The molecule has 0 bridgehead atoms. The van der Waals surface area contributed by atoms with Gasteiger partial charge in [0.15, 0.2) is 11.3 Å². The van der Waals surface area contributed by atoms with Crippen LogP contribution in [0.4, 0.5) is 5.69 Å². The lowest BCUT2D eigenvalue weighted by Gasteiger charge is -2.14. The molecule has 7 heteroatoms. The minimum atomic E-state index is -0.865. The Morgan fingerprint density at radius 3 is 2.26 bits per heavy atom. The molecule has 1 aromatic heterocycles. The van der Waals surface area contributed by atoms with Crippen molar-refractivity contribution in [3.63, 3.8) is 0 Å². The predicted octanol–water partition coefficient (Wildman–Crippen LogP) is 3.63. The lowest BCUT2D eigenvalue weighted by atomic mass is 10.1. The number of hydrogen-bond acceptors (Lipinski definition) is 6. The van der Waals surface area contributed by atoms with Gasteiger partial charge in [0.2, 0.25) is 0 Å². The van der Waals surface area contributed by atoms with Gasteiger partial charge in [0.25, 0.3) is 5.91 Å². The second-order valence-corrected chi connectivity index (χ2v) is 7.12. The fourth-order valence-corrected chi connectivity index (χ4v) is 3.04. The number of carbonyl (C=O) groups is 2. The molecule has 0 saturated carbocycles. The Hall–Kier alpha value is -2.41. The zero-order valence-electron chi connectivity index (χ0n) is 16.3. The molecule has 1 aromatic carbocycles. The monoisotopic (exact) mass is 387 g/mol. The molecule has 0 spiro atoms. The molecular formula is C20H25N3O3S. The Bertz CT molecular complexity index is 799. The van der Waals surface area contributed by atoms with Crippen LogP contribution in [0.5, 0.6) is 0 Å². The SMILES string of the molecule is CSc1nc(C)c(CCC(=O)O[C@H](C)C(=O)Nc2ccc(C)cc2)c(C)n1. The molecule has 144 valence electrons. The first kappa shape index (κ1) is 20.9. The smallest absolute Gasteiger partial charge is 0.306 e. The van der Waals surface area contributed by atoms with Gasteiger partial charge in [-0.15, -0.1) is 0 Å². The number of amides is 1. The highest BCUT2D eigenvalue weighted by atomic mass is 32.2. The van der Waals surface area contributed by atoms with Crippen LogP contribution in [0.25, 0.3) is 0 Å².